The minimum Gasteiger partial charge on any atom is -0.469 e. The molecule has 7 nitrogen and oxygen atoms in total. The Kier molecular flexibility index (Phi) is 8.27. The van der Waals surface area contributed by atoms with Crippen LogP contribution in [0.15, 0.2) is 11.6 Å². The zero-order valence-corrected chi connectivity index (χ0v) is 24.9. The van der Waals surface area contributed by atoms with Gasteiger partial charge < -0.3 is 24.7 Å². The summed E-state index contributed by atoms with van der Waals surface area (Å²) in [7, 11) is 1.55. The standard InChI is InChI=1S/C32H51NO6/c1-18(2)13-20-7-8-21-22-9-11-26-24-15-37-17-32(26,25(22)12-10-23(21)28(20)30(35)36-6)14-27(39-19(3)34)29(24)38-16-31(4,5)33/h12,18,20-24,26-29H,7-11,13-17,33H2,1-6H3/t20?,21?,22?,23?,24?,26?,27-,28?,29-,32+/m1/s1. The summed E-state index contributed by atoms with van der Waals surface area (Å²) in [5, 5.41) is 0. The number of fused-ring (bicyclic) bond motifs is 3. The zero-order chi connectivity index (χ0) is 28.1. The molecule has 7 unspecified atom stereocenters. The molecule has 220 valence electrons. The topological polar surface area (TPSA) is 97.1 Å². The Morgan fingerprint density at radius 2 is 1.92 bits per heavy atom. The lowest BCUT2D eigenvalue weighted by atomic mass is 9.45. The Hall–Kier alpha value is -1.44. The summed E-state index contributed by atoms with van der Waals surface area (Å²) in [5.74, 6) is 2.57. The fourth-order valence-corrected chi connectivity index (χ4v) is 9.62. The van der Waals surface area contributed by atoms with Crippen molar-refractivity contribution in [1.82, 2.24) is 0 Å². The molecule has 0 radical (unpaired) electrons. The molecule has 10 atom stereocenters. The van der Waals surface area contributed by atoms with Gasteiger partial charge in [-0.05, 0) is 94.3 Å². The Bertz CT molecular complexity index is 955. The van der Waals surface area contributed by atoms with E-state index >= 15 is 0 Å². The summed E-state index contributed by atoms with van der Waals surface area (Å²) in [6, 6.07) is 0. The van der Waals surface area contributed by atoms with Crippen LogP contribution in [0.1, 0.15) is 79.6 Å². The number of methoxy groups -OCH3 is 1. The second-order valence-electron chi connectivity index (χ2n) is 14.5. The van der Waals surface area contributed by atoms with E-state index in [-0.39, 0.29) is 41.4 Å². The molecule has 0 aromatic carbocycles. The lowest BCUT2D eigenvalue weighted by Crippen LogP contribution is -2.64. The average Bonchev–Trinajstić information content (AvgIpc) is 2.85. The van der Waals surface area contributed by atoms with Crippen LogP contribution in [0.25, 0.3) is 0 Å². The summed E-state index contributed by atoms with van der Waals surface area (Å²) in [4.78, 5) is 25.4. The number of rotatable bonds is 7. The first-order valence-corrected chi connectivity index (χ1v) is 15.4. The van der Waals surface area contributed by atoms with Gasteiger partial charge in [0.05, 0.1) is 39.0 Å². The van der Waals surface area contributed by atoms with Crippen LogP contribution in [0, 0.1) is 52.8 Å². The van der Waals surface area contributed by atoms with Crippen molar-refractivity contribution in [1.29, 1.82) is 0 Å². The summed E-state index contributed by atoms with van der Waals surface area (Å²) >= 11 is 0. The Labute approximate surface area is 234 Å². The first-order valence-electron chi connectivity index (χ1n) is 15.4. The molecule has 3 saturated carbocycles. The highest BCUT2D eigenvalue weighted by atomic mass is 16.6. The van der Waals surface area contributed by atoms with Crippen molar-refractivity contribution in [3.05, 3.63) is 11.6 Å². The molecule has 7 heteroatoms. The van der Waals surface area contributed by atoms with Crippen molar-refractivity contribution in [3.63, 3.8) is 0 Å². The number of hydrogen-bond acceptors (Lipinski definition) is 7. The average molecular weight is 546 g/mol. The fourth-order valence-electron chi connectivity index (χ4n) is 9.62. The molecule has 1 saturated heterocycles. The van der Waals surface area contributed by atoms with Gasteiger partial charge in [0.2, 0.25) is 0 Å². The van der Waals surface area contributed by atoms with Crippen molar-refractivity contribution in [3.8, 4) is 0 Å². The van der Waals surface area contributed by atoms with Crippen LogP contribution < -0.4 is 5.73 Å². The van der Waals surface area contributed by atoms with Gasteiger partial charge in [-0.25, -0.2) is 0 Å². The molecule has 1 aliphatic heterocycles. The van der Waals surface area contributed by atoms with Crippen molar-refractivity contribution >= 4 is 11.9 Å². The van der Waals surface area contributed by atoms with Gasteiger partial charge in [0, 0.05) is 23.8 Å². The second kappa shape index (κ2) is 11.1. The van der Waals surface area contributed by atoms with Crippen molar-refractivity contribution in [2.45, 2.75) is 97.3 Å². The Morgan fingerprint density at radius 3 is 2.59 bits per heavy atom. The number of ether oxygens (including phenoxy) is 4. The summed E-state index contributed by atoms with van der Waals surface area (Å²) in [5.41, 5.74) is 7.20. The normalized spacial score (nSPS) is 41.5. The van der Waals surface area contributed by atoms with Gasteiger partial charge in [-0.3, -0.25) is 9.59 Å². The smallest absolute Gasteiger partial charge is 0.309 e. The molecule has 0 aromatic heterocycles. The molecule has 2 N–H and O–H groups in total. The second-order valence-corrected chi connectivity index (χ2v) is 14.5. The largest absolute Gasteiger partial charge is 0.469 e. The van der Waals surface area contributed by atoms with E-state index in [1.807, 2.05) is 13.8 Å². The molecular weight excluding hydrogens is 494 g/mol. The zero-order valence-electron chi connectivity index (χ0n) is 24.9. The van der Waals surface area contributed by atoms with Crippen LogP contribution in [0.3, 0.4) is 0 Å². The van der Waals surface area contributed by atoms with E-state index in [2.05, 4.69) is 19.9 Å². The minimum atomic E-state index is -0.464. The third kappa shape index (κ3) is 5.44. The van der Waals surface area contributed by atoms with Gasteiger partial charge in [-0.2, -0.15) is 0 Å². The highest BCUT2D eigenvalue weighted by Gasteiger charge is 2.63. The number of carbonyl (C=O) groups excluding carboxylic acids is 2. The molecule has 1 heterocycles. The maximum atomic E-state index is 13.2. The molecule has 2 bridgehead atoms. The van der Waals surface area contributed by atoms with Crippen molar-refractivity contribution in [2.75, 3.05) is 26.9 Å². The molecule has 0 amide bonds. The Morgan fingerprint density at radius 1 is 1.15 bits per heavy atom. The number of nitrogens with two attached hydrogens (primary N) is 1. The van der Waals surface area contributed by atoms with Crippen LogP contribution in [0.2, 0.25) is 0 Å². The molecule has 5 rings (SSSR count). The van der Waals surface area contributed by atoms with E-state index in [9.17, 15) is 9.59 Å². The maximum Gasteiger partial charge on any atom is 0.309 e. The molecule has 0 spiro atoms. The molecule has 5 aliphatic rings. The Balaban J connectivity index is 1.46. The lowest BCUT2D eigenvalue weighted by molar-refractivity contribution is -0.226. The molecular formula is C32H51NO6. The highest BCUT2D eigenvalue weighted by molar-refractivity contribution is 5.73. The van der Waals surface area contributed by atoms with Gasteiger partial charge in [-0.15, -0.1) is 0 Å². The third-order valence-corrected chi connectivity index (χ3v) is 10.7. The summed E-state index contributed by atoms with van der Waals surface area (Å²) in [6.07, 6.45) is 9.23. The quantitative estimate of drug-likeness (QED) is 0.359. The first kappa shape index (κ1) is 29.1. The van der Waals surface area contributed by atoms with Gasteiger partial charge >= 0.3 is 11.9 Å². The number of esters is 2. The van der Waals surface area contributed by atoms with E-state index in [1.165, 1.54) is 18.9 Å². The van der Waals surface area contributed by atoms with Gasteiger partial charge in [0.25, 0.3) is 0 Å². The van der Waals surface area contributed by atoms with E-state index in [0.717, 1.165) is 38.5 Å². The predicted molar refractivity (Wildman–Crippen MR) is 148 cm³/mol. The molecule has 4 fully saturated rings. The first-order chi connectivity index (χ1) is 18.4. The minimum absolute atomic E-state index is 0.0166. The summed E-state index contributed by atoms with van der Waals surface area (Å²) in [6.45, 7) is 11.7. The van der Waals surface area contributed by atoms with E-state index in [4.69, 9.17) is 24.7 Å². The van der Waals surface area contributed by atoms with Crippen molar-refractivity contribution in [2.24, 2.45) is 58.5 Å². The monoisotopic (exact) mass is 545 g/mol. The molecule has 0 aromatic rings. The highest BCUT2D eigenvalue weighted by Crippen LogP contribution is 2.65. The van der Waals surface area contributed by atoms with Crippen LogP contribution in [0.5, 0.6) is 0 Å². The van der Waals surface area contributed by atoms with Gasteiger partial charge in [-0.1, -0.05) is 25.5 Å². The fraction of sp³-hybridized carbons (Fsp3) is 0.875. The number of allylic oxidation sites excluding steroid dienone is 1. The third-order valence-electron chi connectivity index (χ3n) is 10.7. The van der Waals surface area contributed by atoms with Gasteiger partial charge in [0.1, 0.15) is 6.10 Å². The summed E-state index contributed by atoms with van der Waals surface area (Å²) < 4.78 is 24.2. The maximum absolute atomic E-state index is 13.2. The van der Waals surface area contributed by atoms with E-state index in [0.29, 0.717) is 55.3 Å². The van der Waals surface area contributed by atoms with E-state index in [1.54, 1.807) is 7.11 Å². The van der Waals surface area contributed by atoms with Gasteiger partial charge in [0.15, 0.2) is 0 Å². The van der Waals surface area contributed by atoms with Crippen LogP contribution in [-0.4, -0.2) is 56.6 Å². The van der Waals surface area contributed by atoms with Crippen molar-refractivity contribution < 1.29 is 28.5 Å². The SMILES string of the molecule is COC(=O)C1C(CC(C)C)CCC2C3CCC4C5COC[C@@]4(C[C@@H](OC(C)=O)[C@@H]5OCC(C)(C)N)C3=CCC21. The molecule has 4 aliphatic carbocycles. The van der Waals surface area contributed by atoms with Crippen LogP contribution in [0.4, 0.5) is 0 Å². The number of hydrogen-bond donors (Lipinski definition) is 1. The van der Waals surface area contributed by atoms with E-state index < -0.39 is 5.54 Å². The van der Waals surface area contributed by atoms with Crippen LogP contribution in [-0.2, 0) is 28.5 Å². The molecule has 39 heavy (non-hydrogen) atoms. The van der Waals surface area contributed by atoms with Crippen LogP contribution >= 0.6 is 0 Å². The lowest BCUT2D eigenvalue weighted by Gasteiger charge is -2.63. The predicted octanol–water partition coefficient (Wildman–Crippen LogP) is 4.91. The number of carbonyl (C=O) groups is 2.